The molecule has 1 aliphatic heterocycles. The molecule has 1 heterocycles. The maximum Gasteiger partial charge on any atom is 0.326 e. The largest absolute Gasteiger partial charge is 0.451 e. The van der Waals surface area contributed by atoms with Crippen LogP contribution in [0.1, 0.15) is 27.6 Å². The van der Waals surface area contributed by atoms with Crippen LogP contribution in [0.3, 0.4) is 0 Å². The summed E-state index contributed by atoms with van der Waals surface area (Å²) in [7, 11) is 0. The molecule has 0 aromatic heterocycles. The number of esters is 1. The van der Waals surface area contributed by atoms with Crippen LogP contribution >= 0.6 is 23.2 Å². The van der Waals surface area contributed by atoms with E-state index in [1.165, 1.54) is 37.3 Å². The van der Waals surface area contributed by atoms with Gasteiger partial charge in [0.2, 0.25) is 0 Å². The molecule has 0 saturated heterocycles. The Labute approximate surface area is 170 Å². The lowest BCUT2D eigenvalue weighted by Crippen LogP contribution is -2.38. The monoisotopic (exact) mass is 420 g/mol. The molecule has 144 valence electrons. The smallest absolute Gasteiger partial charge is 0.326 e. The van der Waals surface area contributed by atoms with Gasteiger partial charge in [0.1, 0.15) is 6.54 Å². The van der Waals surface area contributed by atoms with E-state index in [0.29, 0.717) is 15.7 Å². The molecule has 1 atom stereocenters. The lowest BCUT2D eigenvalue weighted by Gasteiger charge is -2.17. The fourth-order valence-electron chi connectivity index (χ4n) is 2.67. The van der Waals surface area contributed by atoms with Crippen LogP contribution in [0, 0.1) is 0 Å². The number of fused-ring (bicyclic) bond motifs is 1. The summed E-state index contributed by atoms with van der Waals surface area (Å²) < 4.78 is 5.04. The van der Waals surface area contributed by atoms with Gasteiger partial charge in [-0.2, -0.15) is 0 Å². The summed E-state index contributed by atoms with van der Waals surface area (Å²) in [6.07, 6.45) is -1.17. The van der Waals surface area contributed by atoms with Gasteiger partial charge in [0, 0.05) is 15.7 Å². The number of halogens is 2. The van der Waals surface area contributed by atoms with E-state index in [1.54, 1.807) is 12.1 Å². The number of rotatable bonds is 5. The molecule has 0 aliphatic carbocycles. The number of amides is 3. The first-order chi connectivity index (χ1) is 13.3. The van der Waals surface area contributed by atoms with Crippen LogP contribution in [0.4, 0.5) is 5.69 Å². The number of ether oxygens (including phenoxy) is 1. The summed E-state index contributed by atoms with van der Waals surface area (Å²) in [5.74, 6) is -2.67. The highest BCUT2D eigenvalue weighted by Crippen LogP contribution is 2.23. The van der Waals surface area contributed by atoms with E-state index in [0.717, 1.165) is 4.90 Å². The third-order valence-electron chi connectivity index (χ3n) is 3.97. The van der Waals surface area contributed by atoms with Gasteiger partial charge < -0.3 is 10.1 Å². The van der Waals surface area contributed by atoms with E-state index in [-0.39, 0.29) is 11.1 Å². The zero-order valence-electron chi connectivity index (χ0n) is 14.6. The van der Waals surface area contributed by atoms with Crippen molar-refractivity contribution in [1.82, 2.24) is 4.90 Å². The fourth-order valence-corrected chi connectivity index (χ4v) is 3.20. The molecule has 0 bridgehead atoms. The molecule has 0 fully saturated rings. The van der Waals surface area contributed by atoms with Crippen LogP contribution in [0.5, 0.6) is 0 Å². The molecular weight excluding hydrogens is 407 g/mol. The molecule has 3 amide bonds. The molecule has 1 N–H and O–H groups in total. The van der Waals surface area contributed by atoms with Crippen molar-refractivity contribution in [2.45, 2.75) is 13.0 Å². The Morgan fingerprint density at radius 3 is 2.11 bits per heavy atom. The van der Waals surface area contributed by atoms with Crippen LogP contribution in [0.15, 0.2) is 42.5 Å². The first-order valence-electron chi connectivity index (χ1n) is 8.18. The van der Waals surface area contributed by atoms with Crippen molar-refractivity contribution in [3.63, 3.8) is 0 Å². The predicted molar refractivity (Wildman–Crippen MR) is 102 cm³/mol. The predicted octanol–water partition coefficient (Wildman–Crippen LogP) is 3.16. The Kier molecular flexibility index (Phi) is 5.67. The number of carbonyl (C=O) groups excluding carboxylic acids is 4. The topological polar surface area (TPSA) is 92.8 Å². The van der Waals surface area contributed by atoms with Crippen molar-refractivity contribution < 1.29 is 23.9 Å². The van der Waals surface area contributed by atoms with Gasteiger partial charge in [-0.1, -0.05) is 35.3 Å². The summed E-state index contributed by atoms with van der Waals surface area (Å²) in [5.41, 5.74) is 0.790. The number of imide groups is 1. The number of carbonyl (C=O) groups is 4. The van der Waals surface area contributed by atoms with E-state index >= 15 is 0 Å². The van der Waals surface area contributed by atoms with E-state index in [9.17, 15) is 19.2 Å². The summed E-state index contributed by atoms with van der Waals surface area (Å²) in [5, 5.41) is 3.18. The van der Waals surface area contributed by atoms with Crippen LogP contribution in [0.2, 0.25) is 10.0 Å². The van der Waals surface area contributed by atoms with Gasteiger partial charge in [0.25, 0.3) is 17.7 Å². The number of benzene rings is 2. The molecule has 2 aromatic rings. The van der Waals surface area contributed by atoms with E-state index < -0.39 is 36.3 Å². The highest BCUT2D eigenvalue weighted by Gasteiger charge is 2.37. The van der Waals surface area contributed by atoms with Gasteiger partial charge in [0.15, 0.2) is 6.10 Å². The van der Waals surface area contributed by atoms with Crippen molar-refractivity contribution in [2.24, 2.45) is 0 Å². The Bertz CT molecular complexity index is 937. The lowest BCUT2D eigenvalue weighted by atomic mass is 10.1. The van der Waals surface area contributed by atoms with Gasteiger partial charge in [-0.25, -0.2) is 0 Å². The highest BCUT2D eigenvalue weighted by molar-refractivity contribution is 6.35. The third kappa shape index (κ3) is 4.16. The molecule has 0 spiro atoms. The Morgan fingerprint density at radius 2 is 1.57 bits per heavy atom. The summed E-state index contributed by atoms with van der Waals surface area (Å²) in [4.78, 5) is 49.6. The van der Waals surface area contributed by atoms with Crippen molar-refractivity contribution in [3.05, 3.63) is 63.6 Å². The zero-order valence-corrected chi connectivity index (χ0v) is 16.1. The quantitative estimate of drug-likeness (QED) is 0.592. The minimum Gasteiger partial charge on any atom is -0.451 e. The van der Waals surface area contributed by atoms with E-state index in [4.69, 9.17) is 27.9 Å². The van der Waals surface area contributed by atoms with Crippen LogP contribution in [0.25, 0.3) is 0 Å². The first-order valence-corrected chi connectivity index (χ1v) is 8.93. The molecular formula is C19H14Cl2N2O5. The van der Waals surface area contributed by atoms with Gasteiger partial charge in [-0.3, -0.25) is 24.1 Å². The van der Waals surface area contributed by atoms with Gasteiger partial charge >= 0.3 is 5.97 Å². The van der Waals surface area contributed by atoms with E-state index in [2.05, 4.69) is 5.32 Å². The van der Waals surface area contributed by atoms with Crippen molar-refractivity contribution in [3.8, 4) is 0 Å². The SMILES string of the molecule is CC(OC(=O)CN1C(=O)c2ccccc2C1=O)C(=O)Nc1cc(Cl)cc(Cl)c1. The average Bonchev–Trinajstić information content (AvgIpc) is 2.86. The molecule has 1 unspecified atom stereocenters. The molecule has 0 radical (unpaired) electrons. The van der Waals surface area contributed by atoms with Gasteiger partial charge in [0.05, 0.1) is 11.1 Å². The van der Waals surface area contributed by atoms with Crippen molar-refractivity contribution in [2.75, 3.05) is 11.9 Å². The molecule has 1 aliphatic rings. The number of nitrogens with zero attached hydrogens (tertiary/aromatic N) is 1. The molecule has 2 aromatic carbocycles. The van der Waals surface area contributed by atoms with Crippen LogP contribution < -0.4 is 5.32 Å². The number of hydrogen-bond donors (Lipinski definition) is 1. The Balaban J connectivity index is 1.59. The Morgan fingerprint density at radius 1 is 1.04 bits per heavy atom. The summed E-state index contributed by atoms with van der Waals surface area (Å²) in [6.45, 7) is 0.773. The summed E-state index contributed by atoms with van der Waals surface area (Å²) >= 11 is 11.7. The van der Waals surface area contributed by atoms with Gasteiger partial charge in [-0.05, 0) is 37.3 Å². The molecule has 3 rings (SSSR count). The Hall–Kier alpha value is -2.90. The lowest BCUT2D eigenvalue weighted by molar-refractivity contribution is -0.153. The van der Waals surface area contributed by atoms with Crippen LogP contribution in [-0.4, -0.2) is 41.2 Å². The minimum atomic E-state index is -1.17. The molecule has 0 saturated carbocycles. The van der Waals surface area contributed by atoms with Gasteiger partial charge in [-0.15, -0.1) is 0 Å². The first kappa shape index (κ1) is 19.9. The number of anilines is 1. The standard InChI is InChI=1S/C19H14Cl2N2O5/c1-10(17(25)22-13-7-11(20)6-12(21)8-13)28-16(24)9-23-18(26)14-4-2-3-5-15(14)19(23)27/h2-8,10H,9H2,1H3,(H,22,25). The molecule has 7 nitrogen and oxygen atoms in total. The van der Waals surface area contributed by atoms with Crippen LogP contribution in [-0.2, 0) is 14.3 Å². The second-order valence-corrected chi connectivity index (χ2v) is 6.89. The minimum absolute atomic E-state index is 0.226. The second kappa shape index (κ2) is 8.00. The fraction of sp³-hybridized carbons (Fsp3) is 0.158. The maximum absolute atomic E-state index is 12.3. The molecule has 28 heavy (non-hydrogen) atoms. The number of nitrogens with one attached hydrogen (secondary N) is 1. The molecule has 9 heteroatoms. The van der Waals surface area contributed by atoms with Crippen molar-refractivity contribution in [1.29, 1.82) is 0 Å². The third-order valence-corrected chi connectivity index (χ3v) is 4.41. The average molecular weight is 421 g/mol. The van der Waals surface area contributed by atoms with Crippen molar-refractivity contribution >= 4 is 52.6 Å². The summed E-state index contributed by atoms with van der Waals surface area (Å²) in [6, 6.07) is 10.7. The second-order valence-electron chi connectivity index (χ2n) is 6.02. The number of hydrogen-bond acceptors (Lipinski definition) is 5. The highest BCUT2D eigenvalue weighted by atomic mass is 35.5. The maximum atomic E-state index is 12.3. The van der Waals surface area contributed by atoms with E-state index in [1.807, 2.05) is 0 Å². The zero-order chi connectivity index (χ0) is 20.4. The normalized spacial score (nSPS) is 13.9.